The van der Waals surface area contributed by atoms with Crippen molar-refractivity contribution in [2.75, 3.05) is 11.9 Å². The minimum absolute atomic E-state index is 0.0389. The molecule has 2 N–H and O–H groups in total. The van der Waals surface area contributed by atoms with Gasteiger partial charge in [0, 0.05) is 12.6 Å². The van der Waals surface area contributed by atoms with Crippen molar-refractivity contribution in [1.29, 1.82) is 0 Å². The molecule has 0 aliphatic carbocycles. The predicted octanol–water partition coefficient (Wildman–Crippen LogP) is 3.14. The van der Waals surface area contributed by atoms with E-state index in [1.807, 2.05) is 0 Å². The lowest BCUT2D eigenvalue weighted by Crippen LogP contribution is -2.07. The number of carboxylic acid groups (broad SMARTS) is 1. The van der Waals surface area contributed by atoms with Crippen molar-refractivity contribution in [3.05, 3.63) is 33.9 Å². The highest BCUT2D eigenvalue weighted by molar-refractivity contribution is 5.90. The summed E-state index contributed by atoms with van der Waals surface area (Å²) in [6.07, 6.45) is 1.89. The molecule has 0 saturated heterocycles. The minimum Gasteiger partial charge on any atom is -0.478 e. The fourth-order valence-corrected chi connectivity index (χ4v) is 1.70. The van der Waals surface area contributed by atoms with Crippen LogP contribution < -0.4 is 5.32 Å². The van der Waals surface area contributed by atoms with Crippen LogP contribution in [0.15, 0.2) is 18.2 Å². The van der Waals surface area contributed by atoms with Crippen LogP contribution in [0.25, 0.3) is 0 Å². The van der Waals surface area contributed by atoms with Crippen molar-refractivity contribution in [2.24, 2.45) is 5.92 Å². The van der Waals surface area contributed by atoms with Crippen LogP contribution in [0.1, 0.15) is 37.0 Å². The fourth-order valence-electron chi connectivity index (χ4n) is 1.70. The molecule has 0 aliphatic rings. The van der Waals surface area contributed by atoms with Crippen LogP contribution in [0, 0.1) is 16.0 Å². The SMILES string of the molecule is CC(C)CCCNc1cc(C(=O)O)ccc1[N+](=O)[O-]. The monoisotopic (exact) mass is 266 g/mol. The average molecular weight is 266 g/mol. The van der Waals surface area contributed by atoms with Gasteiger partial charge in [-0.25, -0.2) is 4.79 Å². The van der Waals surface area contributed by atoms with E-state index in [9.17, 15) is 14.9 Å². The number of nitro groups is 1. The lowest BCUT2D eigenvalue weighted by atomic mass is 10.1. The van der Waals surface area contributed by atoms with Gasteiger partial charge in [0.25, 0.3) is 5.69 Å². The lowest BCUT2D eigenvalue weighted by molar-refractivity contribution is -0.384. The van der Waals surface area contributed by atoms with E-state index >= 15 is 0 Å². The van der Waals surface area contributed by atoms with Crippen molar-refractivity contribution in [3.8, 4) is 0 Å². The Labute approximate surface area is 111 Å². The second-order valence-corrected chi connectivity index (χ2v) is 4.76. The molecule has 0 spiro atoms. The fraction of sp³-hybridized carbons (Fsp3) is 0.462. The van der Waals surface area contributed by atoms with Crippen LogP contribution in [-0.2, 0) is 0 Å². The Hall–Kier alpha value is -2.11. The van der Waals surface area contributed by atoms with E-state index in [1.54, 1.807) is 0 Å². The van der Waals surface area contributed by atoms with Crippen LogP contribution in [0.2, 0.25) is 0 Å². The molecule has 0 aromatic heterocycles. The van der Waals surface area contributed by atoms with Crippen LogP contribution in [0.3, 0.4) is 0 Å². The van der Waals surface area contributed by atoms with Crippen LogP contribution >= 0.6 is 0 Å². The average Bonchev–Trinajstić information content (AvgIpc) is 2.33. The molecule has 1 aromatic rings. The molecule has 6 nitrogen and oxygen atoms in total. The van der Waals surface area contributed by atoms with Gasteiger partial charge in [-0.3, -0.25) is 10.1 Å². The first kappa shape index (κ1) is 14.9. The molecule has 104 valence electrons. The zero-order valence-corrected chi connectivity index (χ0v) is 11.0. The molecule has 0 bridgehead atoms. The van der Waals surface area contributed by atoms with Gasteiger partial charge in [-0.15, -0.1) is 0 Å². The number of anilines is 1. The number of nitrogens with zero attached hydrogens (tertiary/aromatic N) is 1. The number of rotatable bonds is 7. The molecular weight excluding hydrogens is 248 g/mol. The third-order valence-corrected chi connectivity index (χ3v) is 2.71. The molecule has 1 rings (SSSR count). The van der Waals surface area contributed by atoms with E-state index in [0.29, 0.717) is 12.5 Å². The first-order valence-electron chi connectivity index (χ1n) is 6.17. The van der Waals surface area contributed by atoms with Crippen LogP contribution in [0.5, 0.6) is 0 Å². The van der Waals surface area contributed by atoms with Gasteiger partial charge in [0.1, 0.15) is 5.69 Å². The topological polar surface area (TPSA) is 92.5 Å². The van der Waals surface area contributed by atoms with E-state index in [1.165, 1.54) is 18.2 Å². The zero-order chi connectivity index (χ0) is 14.4. The number of aromatic carboxylic acids is 1. The molecule has 0 saturated carbocycles. The van der Waals surface area contributed by atoms with E-state index in [0.717, 1.165) is 12.8 Å². The number of benzene rings is 1. The number of nitro benzene ring substituents is 1. The Morgan fingerprint density at radius 3 is 2.68 bits per heavy atom. The molecule has 0 unspecified atom stereocenters. The van der Waals surface area contributed by atoms with E-state index < -0.39 is 10.9 Å². The van der Waals surface area contributed by atoms with E-state index in [4.69, 9.17) is 5.11 Å². The van der Waals surface area contributed by atoms with E-state index in [-0.39, 0.29) is 16.9 Å². The smallest absolute Gasteiger partial charge is 0.335 e. The van der Waals surface area contributed by atoms with Crippen molar-refractivity contribution in [1.82, 2.24) is 0 Å². The molecule has 6 heteroatoms. The Balaban J connectivity index is 2.80. The normalized spacial score (nSPS) is 10.5. The molecule has 19 heavy (non-hydrogen) atoms. The summed E-state index contributed by atoms with van der Waals surface area (Å²) >= 11 is 0. The number of carboxylic acids is 1. The van der Waals surface area contributed by atoms with Gasteiger partial charge in [0.15, 0.2) is 0 Å². The first-order valence-corrected chi connectivity index (χ1v) is 6.17. The summed E-state index contributed by atoms with van der Waals surface area (Å²) in [6, 6.07) is 3.75. The maximum absolute atomic E-state index is 10.9. The van der Waals surface area contributed by atoms with Crippen LogP contribution in [-0.4, -0.2) is 22.5 Å². The summed E-state index contributed by atoms with van der Waals surface area (Å²) in [5.74, 6) is -0.526. The molecule has 0 amide bonds. The van der Waals surface area contributed by atoms with Gasteiger partial charge >= 0.3 is 5.97 Å². The maximum atomic E-state index is 10.9. The van der Waals surface area contributed by atoms with Gasteiger partial charge in [0.05, 0.1) is 10.5 Å². The molecule has 0 radical (unpaired) electrons. The number of hydrogen-bond acceptors (Lipinski definition) is 4. The predicted molar refractivity (Wildman–Crippen MR) is 72.6 cm³/mol. The van der Waals surface area contributed by atoms with Crippen molar-refractivity contribution in [3.63, 3.8) is 0 Å². The standard InChI is InChI=1S/C13H18N2O4/c1-9(2)4-3-7-14-11-8-10(13(16)17)5-6-12(11)15(18)19/h5-6,8-9,14H,3-4,7H2,1-2H3,(H,16,17). The molecule has 1 aromatic carbocycles. The largest absolute Gasteiger partial charge is 0.478 e. The molecule has 0 aliphatic heterocycles. The highest BCUT2D eigenvalue weighted by atomic mass is 16.6. The van der Waals surface area contributed by atoms with Crippen LogP contribution in [0.4, 0.5) is 11.4 Å². The lowest BCUT2D eigenvalue weighted by Gasteiger charge is -2.09. The van der Waals surface area contributed by atoms with Crippen molar-refractivity contribution in [2.45, 2.75) is 26.7 Å². The highest BCUT2D eigenvalue weighted by Gasteiger charge is 2.16. The molecule has 0 heterocycles. The summed E-state index contributed by atoms with van der Waals surface area (Å²) in [4.78, 5) is 21.2. The molecule has 0 fully saturated rings. The molecule has 0 atom stereocenters. The second kappa shape index (κ2) is 6.72. The quantitative estimate of drug-likeness (QED) is 0.449. The third kappa shape index (κ3) is 4.57. The number of hydrogen-bond donors (Lipinski definition) is 2. The number of carbonyl (C=O) groups is 1. The second-order valence-electron chi connectivity index (χ2n) is 4.76. The summed E-state index contributed by atoms with van der Waals surface area (Å²) in [5, 5.41) is 22.7. The van der Waals surface area contributed by atoms with Gasteiger partial charge in [-0.05, 0) is 30.9 Å². The number of nitrogens with one attached hydrogen (secondary N) is 1. The van der Waals surface area contributed by atoms with Crippen molar-refractivity contribution >= 4 is 17.3 Å². The zero-order valence-electron chi connectivity index (χ0n) is 11.0. The van der Waals surface area contributed by atoms with Gasteiger partial charge in [-0.2, -0.15) is 0 Å². The third-order valence-electron chi connectivity index (χ3n) is 2.71. The Morgan fingerprint density at radius 2 is 2.16 bits per heavy atom. The Morgan fingerprint density at radius 1 is 1.47 bits per heavy atom. The van der Waals surface area contributed by atoms with E-state index in [2.05, 4.69) is 19.2 Å². The highest BCUT2D eigenvalue weighted by Crippen LogP contribution is 2.25. The minimum atomic E-state index is -1.10. The van der Waals surface area contributed by atoms with Gasteiger partial charge in [-0.1, -0.05) is 13.8 Å². The van der Waals surface area contributed by atoms with Gasteiger partial charge < -0.3 is 10.4 Å². The van der Waals surface area contributed by atoms with Gasteiger partial charge in [0.2, 0.25) is 0 Å². The summed E-state index contributed by atoms with van der Waals surface area (Å²) in [5.41, 5.74) is 0.195. The Kier molecular flexibility index (Phi) is 5.29. The maximum Gasteiger partial charge on any atom is 0.335 e. The summed E-state index contributed by atoms with van der Waals surface area (Å²) in [7, 11) is 0. The summed E-state index contributed by atoms with van der Waals surface area (Å²) < 4.78 is 0. The first-order chi connectivity index (χ1) is 8.91. The summed E-state index contributed by atoms with van der Waals surface area (Å²) in [6.45, 7) is 4.79. The van der Waals surface area contributed by atoms with Crippen molar-refractivity contribution < 1.29 is 14.8 Å². The Bertz CT molecular complexity index is 472. The molecular formula is C13H18N2O4.